The Morgan fingerprint density at radius 1 is 1.56 bits per heavy atom. The van der Waals surface area contributed by atoms with Gasteiger partial charge in [0.25, 0.3) is 0 Å². The van der Waals surface area contributed by atoms with E-state index in [0.717, 1.165) is 12.1 Å². The smallest absolute Gasteiger partial charge is 0.223 e. The van der Waals surface area contributed by atoms with Gasteiger partial charge in [-0.3, -0.25) is 0 Å². The molecule has 5 heteroatoms. The van der Waals surface area contributed by atoms with Gasteiger partial charge in [0.15, 0.2) is 0 Å². The minimum Gasteiger partial charge on any atom is -0.388 e. The van der Waals surface area contributed by atoms with Crippen molar-refractivity contribution in [3.8, 4) is 0 Å². The van der Waals surface area contributed by atoms with E-state index in [1.165, 1.54) is 0 Å². The Morgan fingerprint density at radius 3 is 2.69 bits per heavy atom. The van der Waals surface area contributed by atoms with Crippen molar-refractivity contribution >= 4 is 23.2 Å². The molecule has 86 valence electrons. The molecule has 2 rings (SSSR count). The van der Waals surface area contributed by atoms with Gasteiger partial charge < -0.3 is 11.1 Å². The van der Waals surface area contributed by atoms with Crippen LogP contribution >= 0.6 is 12.2 Å². The molecular formula is C11H16N4S. The van der Waals surface area contributed by atoms with Gasteiger partial charge in [0.05, 0.1) is 0 Å². The highest BCUT2D eigenvalue weighted by Crippen LogP contribution is 2.46. The molecule has 3 N–H and O–H groups in total. The van der Waals surface area contributed by atoms with Gasteiger partial charge in [0.1, 0.15) is 10.7 Å². The Bertz CT molecular complexity index is 442. The summed E-state index contributed by atoms with van der Waals surface area (Å²) in [5.41, 5.74) is 7.41. The maximum atomic E-state index is 5.56. The summed E-state index contributed by atoms with van der Waals surface area (Å²) in [7, 11) is 0. The molecule has 1 atom stereocenters. The first kappa shape index (κ1) is 11.3. The summed E-state index contributed by atoms with van der Waals surface area (Å²) in [6.45, 7) is 6.34. The zero-order valence-electron chi connectivity index (χ0n) is 9.74. The monoisotopic (exact) mass is 236 g/mol. The third-order valence-corrected chi connectivity index (χ3v) is 3.13. The highest BCUT2D eigenvalue weighted by molar-refractivity contribution is 7.80. The number of nitrogens with zero attached hydrogens (tertiary/aromatic N) is 2. The Kier molecular flexibility index (Phi) is 2.58. The number of hydrogen-bond donors (Lipinski definition) is 2. The molecule has 1 aromatic heterocycles. The molecule has 1 aliphatic rings. The molecule has 0 amide bonds. The lowest BCUT2D eigenvalue weighted by Crippen LogP contribution is -2.16. The molecule has 1 unspecified atom stereocenters. The number of aryl methyl sites for hydroxylation is 1. The van der Waals surface area contributed by atoms with Gasteiger partial charge in [-0.2, -0.15) is 0 Å². The molecule has 0 bridgehead atoms. The van der Waals surface area contributed by atoms with E-state index in [0.29, 0.717) is 28.1 Å². The van der Waals surface area contributed by atoms with Gasteiger partial charge in [0, 0.05) is 11.7 Å². The van der Waals surface area contributed by atoms with Crippen molar-refractivity contribution in [2.75, 3.05) is 5.32 Å². The molecular weight excluding hydrogens is 220 g/mol. The van der Waals surface area contributed by atoms with E-state index in [2.05, 4.69) is 29.1 Å². The Balaban J connectivity index is 2.18. The fourth-order valence-corrected chi connectivity index (χ4v) is 1.73. The standard InChI is InChI=1S/C11H16N4S/c1-6-4-7(9(12)16)14-10(13-6)15-8-5-11(8,2)3/h4,8H,5H2,1-3H3,(H2,12,16)(H,13,14,15). The van der Waals surface area contributed by atoms with Crippen LogP contribution in [0.15, 0.2) is 6.07 Å². The maximum Gasteiger partial charge on any atom is 0.223 e. The molecule has 0 aromatic carbocycles. The summed E-state index contributed by atoms with van der Waals surface area (Å²) in [6.07, 6.45) is 1.15. The van der Waals surface area contributed by atoms with Gasteiger partial charge in [0.2, 0.25) is 5.95 Å². The molecule has 1 aromatic rings. The lowest BCUT2D eigenvalue weighted by Gasteiger charge is -2.08. The lowest BCUT2D eigenvalue weighted by molar-refractivity contribution is 0.628. The van der Waals surface area contributed by atoms with E-state index in [-0.39, 0.29) is 0 Å². The molecule has 1 aliphatic carbocycles. The fraction of sp³-hybridized carbons (Fsp3) is 0.545. The summed E-state index contributed by atoms with van der Waals surface area (Å²) in [5, 5.41) is 3.30. The molecule has 0 aliphatic heterocycles. The lowest BCUT2D eigenvalue weighted by atomic mass is 10.2. The van der Waals surface area contributed by atoms with E-state index in [4.69, 9.17) is 18.0 Å². The predicted octanol–water partition coefficient (Wildman–Crippen LogP) is 1.63. The highest BCUT2D eigenvalue weighted by atomic mass is 32.1. The van der Waals surface area contributed by atoms with Crippen LogP contribution in [-0.2, 0) is 0 Å². The van der Waals surface area contributed by atoms with Crippen LogP contribution in [-0.4, -0.2) is 21.0 Å². The number of aromatic nitrogens is 2. The normalized spacial score (nSPS) is 21.6. The number of nitrogens with one attached hydrogen (secondary N) is 1. The first-order valence-corrected chi connectivity index (χ1v) is 5.71. The van der Waals surface area contributed by atoms with Gasteiger partial charge in [-0.15, -0.1) is 0 Å². The van der Waals surface area contributed by atoms with Gasteiger partial charge in [-0.25, -0.2) is 9.97 Å². The van der Waals surface area contributed by atoms with Crippen LogP contribution in [0.3, 0.4) is 0 Å². The molecule has 1 saturated carbocycles. The summed E-state index contributed by atoms with van der Waals surface area (Å²) in [4.78, 5) is 8.92. The minimum atomic E-state index is 0.309. The van der Waals surface area contributed by atoms with E-state index in [9.17, 15) is 0 Å². The van der Waals surface area contributed by atoms with E-state index >= 15 is 0 Å². The summed E-state index contributed by atoms with van der Waals surface area (Å²) in [6, 6.07) is 2.25. The third kappa shape index (κ3) is 2.29. The quantitative estimate of drug-likeness (QED) is 0.781. The Morgan fingerprint density at radius 2 is 2.19 bits per heavy atom. The van der Waals surface area contributed by atoms with Crippen LogP contribution < -0.4 is 11.1 Å². The second-order valence-electron chi connectivity index (χ2n) is 4.97. The van der Waals surface area contributed by atoms with E-state index < -0.39 is 0 Å². The van der Waals surface area contributed by atoms with Crippen molar-refractivity contribution in [2.24, 2.45) is 11.1 Å². The second kappa shape index (κ2) is 3.66. The minimum absolute atomic E-state index is 0.309. The van der Waals surface area contributed by atoms with Crippen LogP contribution in [0, 0.1) is 12.3 Å². The average molecular weight is 236 g/mol. The summed E-state index contributed by atoms with van der Waals surface area (Å²) in [5.74, 6) is 0.623. The largest absolute Gasteiger partial charge is 0.388 e. The second-order valence-corrected chi connectivity index (χ2v) is 5.41. The summed E-state index contributed by atoms with van der Waals surface area (Å²) >= 11 is 4.92. The number of hydrogen-bond acceptors (Lipinski definition) is 4. The van der Waals surface area contributed by atoms with Crippen LogP contribution in [0.2, 0.25) is 0 Å². The van der Waals surface area contributed by atoms with Gasteiger partial charge >= 0.3 is 0 Å². The first-order valence-electron chi connectivity index (χ1n) is 5.30. The molecule has 0 spiro atoms. The van der Waals surface area contributed by atoms with Crippen LogP contribution in [0.5, 0.6) is 0 Å². The molecule has 1 fully saturated rings. The molecule has 0 saturated heterocycles. The molecule has 1 heterocycles. The van der Waals surface area contributed by atoms with Gasteiger partial charge in [-0.1, -0.05) is 26.1 Å². The van der Waals surface area contributed by atoms with E-state index in [1.54, 1.807) is 6.07 Å². The number of rotatable bonds is 3. The van der Waals surface area contributed by atoms with Crippen LogP contribution in [0.4, 0.5) is 5.95 Å². The topological polar surface area (TPSA) is 63.8 Å². The number of nitrogens with two attached hydrogens (primary N) is 1. The molecule has 4 nitrogen and oxygen atoms in total. The van der Waals surface area contributed by atoms with Crippen molar-refractivity contribution in [2.45, 2.75) is 33.2 Å². The van der Waals surface area contributed by atoms with Crippen molar-refractivity contribution in [3.63, 3.8) is 0 Å². The van der Waals surface area contributed by atoms with Crippen molar-refractivity contribution < 1.29 is 0 Å². The van der Waals surface area contributed by atoms with Crippen molar-refractivity contribution in [3.05, 3.63) is 17.5 Å². The van der Waals surface area contributed by atoms with Crippen LogP contribution in [0.25, 0.3) is 0 Å². The Labute approximate surface area is 101 Å². The van der Waals surface area contributed by atoms with Crippen LogP contribution in [0.1, 0.15) is 31.7 Å². The fourth-order valence-electron chi connectivity index (χ4n) is 1.63. The molecule has 0 radical (unpaired) electrons. The first-order chi connectivity index (χ1) is 7.38. The van der Waals surface area contributed by atoms with Crippen molar-refractivity contribution in [1.82, 2.24) is 9.97 Å². The third-order valence-electron chi connectivity index (χ3n) is 2.92. The zero-order valence-corrected chi connectivity index (χ0v) is 10.6. The molecule has 16 heavy (non-hydrogen) atoms. The SMILES string of the molecule is Cc1cc(C(N)=S)nc(NC2CC2(C)C)n1. The van der Waals surface area contributed by atoms with Crippen molar-refractivity contribution in [1.29, 1.82) is 0 Å². The summed E-state index contributed by atoms with van der Waals surface area (Å²) < 4.78 is 0. The van der Waals surface area contributed by atoms with Gasteiger partial charge in [-0.05, 0) is 24.8 Å². The Hall–Kier alpha value is -1.23. The van der Waals surface area contributed by atoms with E-state index in [1.807, 2.05) is 6.92 Å². The maximum absolute atomic E-state index is 5.56. The number of thiocarbonyl (C=S) groups is 1. The predicted molar refractivity (Wildman–Crippen MR) is 68.5 cm³/mol. The average Bonchev–Trinajstić information content (AvgIpc) is 2.72. The highest BCUT2D eigenvalue weighted by Gasteiger charge is 2.46. The number of anilines is 1. The zero-order chi connectivity index (χ0) is 11.9.